The van der Waals surface area contributed by atoms with Crippen molar-refractivity contribution in [3.8, 4) is 23.0 Å². The monoisotopic (exact) mass is 1490 g/mol. The molecule has 0 amide bonds. The third kappa shape index (κ3) is 14.3. The molecule has 1 aliphatic rings. The molecule has 14 heteroatoms. The van der Waals surface area contributed by atoms with Gasteiger partial charge in [0.05, 0.1) is 64.6 Å². The second-order valence-electron chi connectivity index (χ2n) is 32.7. The van der Waals surface area contributed by atoms with Gasteiger partial charge in [-0.15, -0.1) is 10.2 Å². The third-order valence-electron chi connectivity index (χ3n) is 20.7. The molecule has 16 aromatic rings. The zero-order valence-corrected chi connectivity index (χ0v) is 66.4. The Morgan fingerprint density at radius 1 is 0.287 bits per heavy atom. The standard InChI is InChI=1S/C94H86N6O4S4/c1-91(2,3)67-41-75-87(101-53-57-21-15-13-16-22-57)76(42-67)106-80-46-70(94(10,11)12)48-82(90(80)104-56-72-52-100(98-96-72)50-66-36-34-64-32-30-60-26-20-28-62-38-40-74(66)86(64)84(60)62)108-78-44-68(92(4,5)6)43-77(88(78)102-54-58-23-17-14-18-24-58)107-81-47-69(93(7,8)9)45-79(105-75)89(81)103-55-71-51-99(97-95-71)49-65-35-33-63-31-29-59-25-19-27-61-37-39-73(65)85(63)83(59)61/h13-48,51-52H,49-50,53-56H2,1-12H3. The zero-order valence-electron chi connectivity index (χ0n) is 63.1. The molecule has 0 unspecified atom stereocenters. The predicted octanol–water partition coefficient (Wildman–Crippen LogP) is 25.2. The summed E-state index contributed by atoms with van der Waals surface area (Å²) < 4.78 is 33.8. The van der Waals surface area contributed by atoms with Gasteiger partial charge in [0.2, 0.25) is 0 Å². The van der Waals surface area contributed by atoms with E-state index in [0.717, 1.165) is 95.5 Å². The average molecular weight is 1490 g/mol. The molecule has 540 valence electrons. The van der Waals surface area contributed by atoms with Gasteiger partial charge >= 0.3 is 0 Å². The summed E-state index contributed by atoms with van der Waals surface area (Å²) in [5, 5.41) is 34.3. The highest BCUT2D eigenvalue weighted by molar-refractivity contribution is 8.01. The third-order valence-corrected chi connectivity index (χ3v) is 24.9. The maximum Gasteiger partial charge on any atom is 0.147 e. The highest BCUT2D eigenvalue weighted by atomic mass is 32.2. The molecule has 0 saturated carbocycles. The van der Waals surface area contributed by atoms with Crippen molar-refractivity contribution in [2.45, 2.75) is 183 Å². The van der Waals surface area contributed by atoms with Crippen LogP contribution in [0.15, 0.2) is 270 Å². The lowest BCUT2D eigenvalue weighted by atomic mass is 9.87. The molecule has 108 heavy (non-hydrogen) atoms. The Balaban J connectivity index is 0.823. The van der Waals surface area contributed by atoms with Gasteiger partial charge in [-0.3, -0.25) is 0 Å². The molecule has 3 heterocycles. The van der Waals surface area contributed by atoms with Crippen LogP contribution in [0.2, 0.25) is 0 Å². The first-order chi connectivity index (χ1) is 51.9. The Kier molecular flexibility index (Phi) is 18.6. The van der Waals surface area contributed by atoms with Gasteiger partial charge in [-0.05, 0) is 179 Å². The van der Waals surface area contributed by atoms with Gasteiger partial charge in [-0.1, -0.05) is 310 Å². The van der Waals surface area contributed by atoms with Crippen LogP contribution < -0.4 is 18.9 Å². The van der Waals surface area contributed by atoms with Gasteiger partial charge in [0, 0.05) is 0 Å². The highest BCUT2D eigenvalue weighted by Crippen LogP contribution is 2.57. The number of hydrogen-bond donors (Lipinski definition) is 0. The Hall–Kier alpha value is -9.96. The molecular formula is C94H86N6O4S4. The molecule has 0 atom stereocenters. The van der Waals surface area contributed by atoms with E-state index < -0.39 is 0 Å². The molecule has 8 bridgehead atoms. The highest BCUT2D eigenvalue weighted by Gasteiger charge is 2.32. The van der Waals surface area contributed by atoms with Crippen molar-refractivity contribution in [2.24, 2.45) is 0 Å². The summed E-state index contributed by atoms with van der Waals surface area (Å²) in [4.78, 5) is 7.55. The fourth-order valence-electron chi connectivity index (χ4n) is 14.6. The number of ether oxygens (including phenoxy) is 4. The zero-order chi connectivity index (χ0) is 74.4. The normalized spacial score (nSPS) is 13.1. The summed E-state index contributed by atoms with van der Waals surface area (Å²) in [6.45, 7) is 29.6. The fraction of sp³-hybridized carbons (Fsp3) is 0.234. The number of rotatable bonds is 16. The Bertz CT molecular complexity index is 5580. The van der Waals surface area contributed by atoms with Gasteiger partial charge in [-0.2, -0.15) is 0 Å². The van der Waals surface area contributed by atoms with Gasteiger partial charge in [-0.25, -0.2) is 9.36 Å². The van der Waals surface area contributed by atoms with Gasteiger partial charge in [0.1, 0.15) is 60.8 Å². The second kappa shape index (κ2) is 28.2. The maximum atomic E-state index is 7.51. The van der Waals surface area contributed by atoms with Gasteiger partial charge < -0.3 is 18.9 Å². The van der Waals surface area contributed by atoms with E-state index >= 15 is 0 Å². The van der Waals surface area contributed by atoms with E-state index in [0.29, 0.717) is 37.7 Å². The Morgan fingerprint density at radius 3 is 0.852 bits per heavy atom. The summed E-state index contributed by atoms with van der Waals surface area (Å²) in [7, 11) is 0. The SMILES string of the molecule is CC(C)(C)c1cc2c(OCc3ccccc3)c(c1)Sc1cc(C(C)(C)C)cc(c1OCc1cn(Cc3ccc4ccc5cccc6ccc3c4c56)nn1)Sc1cc(C(C)(C)C)cc(c1OCc1ccccc1)Sc1cc(C(C)(C)C)cc(c1OCc1cn(Cc3ccc4ccc5cccc6ccc3c4c56)nn1)S2. The molecule has 0 saturated heterocycles. The first-order valence-corrected chi connectivity index (χ1v) is 40.4. The van der Waals surface area contributed by atoms with Crippen LogP contribution in [0.25, 0.3) is 64.6 Å². The summed E-state index contributed by atoms with van der Waals surface area (Å²) in [5.74, 6) is 2.97. The molecule has 14 aromatic carbocycles. The molecule has 1 aliphatic heterocycles. The van der Waals surface area contributed by atoms with Crippen LogP contribution in [0.3, 0.4) is 0 Å². The van der Waals surface area contributed by atoms with Crippen molar-refractivity contribution in [3.63, 3.8) is 0 Å². The van der Waals surface area contributed by atoms with Crippen molar-refractivity contribution in [2.75, 3.05) is 0 Å². The molecule has 0 radical (unpaired) electrons. The Morgan fingerprint density at radius 2 is 0.556 bits per heavy atom. The molecule has 2 aromatic heterocycles. The van der Waals surface area contributed by atoms with Crippen LogP contribution in [-0.2, 0) is 61.2 Å². The number of benzene rings is 14. The number of fused-ring (bicyclic) bond motifs is 8. The topological polar surface area (TPSA) is 98.3 Å². The first-order valence-electron chi connectivity index (χ1n) is 37.1. The minimum atomic E-state index is -0.291. The number of hydrogen-bond acceptors (Lipinski definition) is 12. The minimum Gasteiger partial charge on any atom is -0.487 e. The van der Waals surface area contributed by atoms with Crippen molar-refractivity contribution >= 4 is 112 Å². The van der Waals surface area contributed by atoms with Gasteiger partial charge in [0.25, 0.3) is 0 Å². The van der Waals surface area contributed by atoms with Crippen molar-refractivity contribution in [1.82, 2.24) is 30.0 Å². The van der Waals surface area contributed by atoms with Crippen LogP contribution >= 0.6 is 47.0 Å². The predicted molar refractivity (Wildman–Crippen MR) is 446 cm³/mol. The smallest absolute Gasteiger partial charge is 0.147 e. The van der Waals surface area contributed by atoms with E-state index in [1.165, 1.54) is 75.8 Å². The molecular weight excluding hydrogens is 1410 g/mol. The summed E-state index contributed by atoms with van der Waals surface area (Å²) in [6, 6.07) is 79.6. The largest absolute Gasteiger partial charge is 0.487 e. The molecule has 10 nitrogen and oxygen atoms in total. The lowest BCUT2D eigenvalue weighted by Gasteiger charge is -2.28. The molecule has 0 spiro atoms. The van der Waals surface area contributed by atoms with Crippen LogP contribution in [0.4, 0.5) is 0 Å². The van der Waals surface area contributed by atoms with E-state index in [1.807, 2.05) is 21.8 Å². The summed E-state index contributed by atoms with van der Waals surface area (Å²) in [5.41, 5.74) is 9.34. The van der Waals surface area contributed by atoms with Crippen molar-refractivity contribution in [1.29, 1.82) is 0 Å². The second-order valence-corrected chi connectivity index (χ2v) is 37.1. The van der Waals surface area contributed by atoms with Crippen molar-refractivity contribution < 1.29 is 18.9 Å². The van der Waals surface area contributed by atoms with Crippen LogP contribution in [0, 0.1) is 0 Å². The van der Waals surface area contributed by atoms with Crippen LogP contribution in [0.1, 0.15) is 139 Å². The average Bonchev–Trinajstić information content (AvgIpc) is 0.870. The first kappa shape index (κ1) is 71.0. The van der Waals surface area contributed by atoms with E-state index in [2.05, 4.69) is 301 Å². The number of aromatic nitrogens is 6. The molecule has 0 fully saturated rings. The van der Waals surface area contributed by atoms with Crippen LogP contribution in [0.5, 0.6) is 23.0 Å². The maximum absolute atomic E-state index is 7.51. The molecule has 0 aliphatic carbocycles. The number of nitrogens with zero attached hydrogens (tertiary/aromatic N) is 6. The van der Waals surface area contributed by atoms with E-state index in [9.17, 15) is 0 Å². The van der Waals surface area contributed by atoms with E-state index in [1.54, 1.807) is 47.0 Å². The summed E-state index contributed by atoms with van der Waals surface area (Å²) >= 11 is 6.75. The summed E-state index contributed by atoms with van der Waals surface area (Å²) in [6.07, 6.45) is 4.07. The molecule has 17 rings (SSSR count). The lowest BCUT2D eigenvalue weighted by molar-refractivity contribution is 0.284. The van der Waals surface area contributed by atoms with Crippen molar-refractivity contribution in [3.05, 3.63) is 287 Å². The minimum absolute atomic E-state index is 0.153. The van der Waals surface area contributed by atoms with E-state index in [4.69, 9.17) is 39.6 Å². The Labute approximate surface area is 649 Å². The lowest BCUT2D eigenvalue weighted by Crippen LogP contribution is -2.14. The molecule has 0 N–H and O–H groups in total. The fourth-order valence-corrected chi connectivity index (χ4v) is 19.4. The quantitative estimate of drug-likeness (QED) is 0.0862. The van der Waals surface area contributed by atoms with Gasteiger partial charge in [0.15, 0.2) is 0 Å². The van der Waals surface area contributed by atoms with Crippen LogP contribution in [-0.4, -0.2) is 30.0 Å². The van der Waals surface area contributed by atoms with E-state index in [-0.39, 0.29) is 34.9 Å².